The highest BCUT2D eigenvalue weighted by Gasteiger charge is 2.07. The second-order valence-corrected chi connectivity index (χ2v) is 2.95. The minimum absolute atomic E-state index is 0.441. The van der Waals surface area contributed by atoms with Gasteiger partial charge in [0.05, 0.1) is 13.2 Å². The van der Waals surface area contributed by atoms with Crippen LogP contribution in [-0.2, 0) is 9.53 Å². The van der Waals surface area contributed by atoms with Gasteiger partial charge in [-0.05, 0) is 24.5 Å². The Morgan fingerprint density at radius 2 is 2.54 bits per heavy atom. The maximum Gasteiger partial charge on any atom is 0.331 e. The van der Waals surface area contributed by atoms with Crippen molar-refractivity contribution in [3.63, 3.8) is 0 Å². The lowest BCUT2D eigenvalue weighted by Crippen LogP contribution is -2.06. The Kier molecular flexibility index (Phi) is 3.71. The lowest BCUT2D eigenvalue weighted by atomic mass is 10.1. The van der Waals surface area contributed by atoms with Gasteiger partial charge in [-0.2, -0.15) is 0 Å². The molecule has 72 valence electrons. The van der Waals surface area contributed by atoms with Crippen LogP contribution in [-0.4, -0.2) is 24.3 Å². The van der Waals surface area contributed by atoms with Crippen molar-refractivity contribution in [2.75, 3.05) is 13.2 Å². The maximum absolute atomic E-state index is 10.7. The highest BCUT2D eigenvalue weighted by Crippen LogP contribution is 2.11. The first-order valence-electron chi connectivity index (χ1n) is 4.44. The fourth-order valence-electron chi connectivity index (χ4n) is 1.22. The third-order valence-electron chi connectivity index (χ3n) is 1.95. The molecular weight excluding hydrogens is 168 g/mol. The van der Waals surface area contributed by atoms with E-state index in [9.17, 15) is 4.79 Å². The van der Waals surface area contributed by atoms with E-state index in [0.29, 0.717) is 18.6 Å². The zero-order valence-corrected chi connectivity index (χ0v) is 7.75. The van der Waals surface area contributed by atoms with Crippen LogP contribution >= 0.6 is 0 Å². The van der Waals surface area contributed by atoms with Gasteiger partial charge in [0, 0.05) is 5.57 Å². The van der Waals surface area contributed by atoms with E-state index in [-0.39, 0.29) is 0 Å². The molecule has 0 spiro atoms. The first-order chi connectivity index (χ1) is 6.24. The summed E-state index contributed by atoms with van der Waals surface area (Å²) >= 11 is 0. The van der Waals surface area contributed by atoms with E-state index in [4.69, 9.17) is 9.84 Å². The van der Waals surface area contributed by atoms with Crippen molar-refractivity contribution in [3.8, 4) is 0 Å². The van der Waals surface area contributed by atoms with E-state index in [1.165, 1.54) is 0 Å². The molecule has 1 N–H and O–H groups in total. The molecule has 0 saturated heterocycles. The van der Waals surface area contributed by atoms with E-state index in [0.717, 1.165) is 18.6 Å². The van der Waals surface area contributed by atoms with Crippen molar-refractivity contribution in [1.29, 1.82) is 0 Å². The summed E-state index contributed by atoms with van der Waals surface area (Å²) in [6, 6.07) is 0. The molecule has 0 aromatic carbocycles. The topological polar surface area (TPSA) is 46.5 Å². The van der Waals surface area contributed by atoms with Crippen molar-refractivity contribution in [2.24, 2.45) is 0 Å². The van der Waals surface area contributed by atoms with Crippen molar-refractivity contribution in [2.45, 2.75) is 19.8 Å². The molecule has 1 aliphatic heterocycles. The van der Waals surface area contributed by atoms with Gasteiger partial charge >= 0.3 is 5.97 Å². The van der Waals surface area contributed by atoms with Crippen LogP contribution in [0.5, 0.6) is 0 Å². The molecule has 1 heterocycles. The van der Waals surface area contributed by atoms with Gasteiger partial charge in [-0.1, -0.05) is 13.0 Å². The van der Waals surface area contributed by atoms with Gasteiger partial charge in [0.2, 0.25) is 0 Å². The number of hydrogen-bond acceptors (Lipinski definition) is 2. The standard InChI is InChI=1S/C10H14O3/c1-2-9(10(11)12)6-8-4-3-5-13-7-8/h4,6H,2-3,5,7H2,1H3,(H,11,12). The second kappa shape index (κ2) is 4.82. The molecule has 0 aromatic heterocycles. The average molecular weight is 182 g/mol. The number of carbonyl (C=O) groups is 1. The van der Waals surface area contributed by atoms with Crippen LogP contribution in [0.4, 0.5) is 0 Å². The largest absolute Gasteiger partial charge is 0.478 e. The minimum atomic E-state index is -0.839. The summed E-state index contributed by atoms with van der Waals surface area (Å²) in [5, 5.41) is 8.77. The molecule has 1 rings (SSSR count). The summed E-state index contributed by atoms with van der Waals surface area (Å²) in [5.74, 6) is -0.839. The molecule has 0 bridgehead atoms. The average Bonchev–Trinajstić information content (AvgIpc) is 2.15. The Hall–Kier alpha value is -1.09. The Morgan fingerprint density at radius 1 is 1.77 bits per heavy atom. The van der Waals surface area contributed by atoms with Gasteiger partial charge in [0.15, 0.2) is 0 Å². The van der Waals surface area contributed by atoms with Crippen LogP contribution in [0.25, 0.3) is 0 Å². The highest BCUT2D eigenvalue weighted by atomic mass is 16.5. The molecule has 0 aliphatic carbocycles. The molecule has 0 fully saturated rings. The lowest BCUT2D eigenvalue weighted by Gasteiger charge is -2.10. The van der Waals surface area contributed by atoms with Crippen LogP contribution in [0.3, 0.4) is 0 Å². The molecule has 3 nitrogen and oxygen atoms in total. The maximum atomic E-state index is 10.7. The van der Waals surface area contributed by atoms with Crippen LogP contribution in [0, 0.1) is 0 Å². The van der Waals surface area contributed by atoms with Crippen molar-refractivity contribution >= 4 is 5.97 Å². The molecule has 3 heteroatoms. The Morgan fingerprint density at radius 3 is 3.00 bits per heavy atom. The SMILES string of the molecule is CCC(=CC1=CCCOC1)C(=O)O. The highest BCUT2D eigenvalue weighted by molar-refractivity contribution is 5.87. The smallest absolute Gasteiger partial charge is 0.331 e. The summed E-state index contributed by atoms with van der Waals surface area (Å²) in [4.78, 5) is 10.7. The number of hydrogen-bond donors (Lipinski definition) is 1. The summed E-state index contributed by atoms with van der Waals surface area (Å²) in [6.45, 7) is 3.12. The molecule has 0 amide bonds. The number of carboxylic acid groups (broad SMARTS) is 1. The first-order valence-corrected chi connectivity index (χ1v) is 4.44. The normalized spacial score (nSPS) is 18.2. The fraction of sp³-hybridized carbons (Fsp3) is 0.500. The fourth-order valence-corrected chi connectivity index (χ4v) is 1.22. The Labute approximate surface area is 77.7 Å². The van der Waals surface area contributed by atoms with Gasteiger partial charge in [-0.3, -0.25) is 0 Å². The Balaban J connectivity index is 2.71. The molecule has 1 aliphatic rings. The zero-order valence-electron chi connectivity index (χ0n) is 7.75. The number of ether oxygens (including phenoxy) is 1. The van der Waals surface area contributed by atoms with Crippen LogP contribution in [0.1, 0.15) is 19.8 Å². The van der Waals surface area contributed by atoms with Crippen molar-refractivity contribution < 1.29 is 14.6 Å². The molecule has 0 radical (unpaired) electrons. The van der Waals surface area contributed by atoms with Crippen molar-refractivity contribution in [1.82, 2.24) is 0 Å². The monoisotopic (exact) mass is 182 g/mol. The summed E-state index contributed by atoms with van der Waals surface area (Å²) in [5.41, 5.74) is 1.42. The molecule has 0 aromatic rings. The molecule has 0 unspecified atom stereocenters. The van der Waals surface area contributed by atoms with Crippen LogP contribution in [0.15, 0.2) is 23.3 Å². The summed E-state index contributed by atoms with van der Waals surface area (Å²) in [7, 11) is 0. The van der Waals surface area contributed by atoms with Crippen molar-refractivity contribution in [3.05, 3.63) is 23.3 Å². The van der Waals surface area contributed by atoms with E-state index in [2.05, 4.69) is 0 Å². The molecule has 13 heavy (non-hydrogen) atoms. The van der Waals surface area contributed by atoms with Gasteiger partial charge < -0.3 is 9.84 Å². The van der Waals surface area contributed by atoms with E-state index >= 15 is 0 Å². The van der Waals surface area contributed by atoms with Crippen LogP contribution in [0.2, 0.25) is 0 Å². The van der Waals surface area contributed by atoms with Crippen LogP contribution < -0.4 is 0 Å². The summed E-state index contributed by atoms with van der Waals surface area (Å²) in [6.07, 6.45) is 5.17. The molecule has 0 atom stereocenters. The van der Waals surface area contributed by atoms with Gasteiger partial charge in [0.1, 0.15) is 0 Å². The number of carboxylic acids is 1. The first kappa shape index (κ1) is 9.99. The minimum Gasteiger partial charge on any atom is -0.478 e. The third-order valence-corrected chi connectivity index (χ3v) is 1.95. The summed E-state index contributed by atoms with van der Waals surface area (Å²) < 4.78 is 5.20. The third kappa shape index (κ3) is 3.03. The molecular formula is C10H14O3. The predicted octanol–water partition coefficient (Wildman–Crippen LogP) is 1.75. The van der Waals surface area contributed by atoms with Gasteiger partial charge in [-0.15, -0.1) is 0 Å². The number of rotatable bonds is 3. The second-order valence-electron chi connectivity index (χ2n) is 2.95. The van der Waals surface area contributed by atoms with Gasteiger partial charge in [-0.25, -0.2) is 4.79 Å². The van der Waals surface area contributed by atoms with E-state index in [1.807, 2.05) is 13.0 Å². The predicted molar refractivity (Wildman–Crippen MR) is 49.5 cm³/mol. The quantitative estimate of drug-likeness (QED) is 0.676. The zero-order chi connectivity index (χ0) is 9.68. The van der Waals surface area contributed by atoms with E-state index in [1.54, 1.807) is 6.08 Å². The van der Waals surface area contributed by atoms with E-state index < -0.39 is 5.97 Å². The Bertz CT molecular complexity index is 251. The van der Waals surface area contributed by atoms with Gasteiger partial charge in [0.25, 0.3) is 0 Å². The number of aliphatic carboxylic acids is 1. The lowest BCUT2D eigenvalue weighted by molar-refractivity contribution is -0.132. The molecule has 0 saturated carbocycles.